The second-order valence-corrected chi connectivity index (χ2v) is 8.56. The van der Waals surface area contributed by atoms with Gasteiger partial charge in [0.25, 0.3) is 0 Å². The van der Waals surface area contributed by atoms with E-state index >= 15 is 0 Å². The zero-order valence-electron chi connectivity index (χ0n) is 13.9. The fourth-order valence-electron chi connectivity index (χ4n) is 3.32. The van der Waals surface area contributed by atoms with Crippen LogP contribution >= 0.6 is 11.3 Å². The average molecular weight is 295 g/mol. The quantitative estimate of drug-likeness (QED) is 0.856. The SMILES string of the molecule is CNC1(c2nc(C(C)C)cs2)CCC(C(C)(C)C)CC1. The number of thiazole rings is 1. The average Bonchev–Trinajstić information content (AvgIpc) is 2.88. The first kappa shape index (κ1) is 16.0. The maximum atomic E-state index is 4.92. The van der Waals surface area contributed by atoms with Crippen molar-refractivity contribution in [2.24, 2.45) is 11.3 Å². The fourth-order valence-corrected chi connectivity index (χ4v) is 4.57. The molecule has 3 heteroatoms. The van der Waals surface area contributed by atoms with Crippen molar-refractivity contribution in [3.05, 3.63) is 16.1 Å². The van der Waals surface area contributed by atoms with E-state index in [1.54, 1.807) is 0 Å². The molecule has 1 saturated carbocycles. The smallest absolute Gasteiger partial charge is 0.113 e. The normalized spacial score (nSPS) is 28.1. The molecule has 20 heavy (non-hydrogen) atoms. The van der Waals surface area contributed by atoms with Crippen molar-refractivity contribution < 1.29 is 0 Å². The summed E-state index contributed by atoms with van der Waals surface area (Å²) in [4.78, 5) is 4.92. The van der Waals surface area contributed by atoms with Crippen LogP contribution < -0.4 is 5.32 Å². The monoisotopic (exact) mass is 294 g/mol. The summed E-state index contributed by atoms with van der Waals surface area (Å²) in [5.74, 6) is 1.37. The Kier molecular flexibility index (Phi) is 4.60. The lowest BCUT2D eigenvalue weighted by atomic mass is 9.67. The molecule has 0 unspecified atom stereocenters. The summed E-state index contributed by atoms with van der Waals surface area (Å²) < 4.78 is 0. The lowest BCUT2D eigenvalue weighted by molar-refractivity contribution is 0.117. The van der Waals surface area contributed by atoms with Crippen LogP contribution in [-0.2, 0) is 5.54 Å². The summed E-state index contributed by atoms with van der Waals surface area (Å²) in [6.07, 6.45) is 5.05. The van der Waals surface area contributed by atoms with Gasteiger partial charge < -0.3 is 5.32 Å². The molecule has 1 fully saturated rings. The third kappa shape index (κ3) is 3.09. The molecule has 1 N–H and O–H groups in total. The van der Waals surface area contributed by atoms with Crippen LogP contribution in [0.5, 0.6) is 0 Å². The van der Waals surface area contributed by atoms with E-state index in [0.717, 1.165) is 5.92 Å². The first-order chi connectivity index (χ1) is 9.28. The molecule has 0 amide bonds. The molecule has 0 atom stereocenters. The maximum absolute atomic E-state index is 4.92. The second-order valence-electron chi connectivity index (χ2n) is 7.70. The van der Waals surface area contributed by atoms with Gasteiger partial charge in [-0.15, -0.1) is 11.3 Å². The molecule has 0 spiro atoms. The van der Waals surface area contributed by atoms with Gasteiger partial charge in [-0.3, -0.25) is 0 Å². The third-order valence-electron chi connectivity index (χ3n) is 5.07. The maximum Gasteiger partial charge on any atom is 0.113 e. The van der Waals surface area contributed by atoms with E-state index in [2.05, 4.69) is 52.4 Å². The molecule has 1 aliphatic carbocycles. The third-order valence-corrected chi connectivity index (χ3v) is 6.13. The van der Waals surface area contributed by atoms with Crippen molar-refractivity contribution in [2.45, 2.75) is 71.8 Å². The van der Waals surface area contributed by atoms with Gasteiger partial charge in [-0.1, -0.05) is 34.6 Å². The zero-order chi connectivity index (χ0) is 15.0. The predicted molar refractivity (Wildman–Crippen MR) is 88.4 cm³/mol. The standard InChI is InChI=1S/C17H30N2S/c1-12(2)14-11-20-15(19-14)17(18-6)9-7-13(8-10-17)16(3,4)5/h11-13,18H,7-10H2,1-6H3. The van der Waals surface area contributed by atoms with Gasteiger partial charge in [0.2, 0.25) is 0 Å². The Balaban J connectivity index is 2.16. The number of hydrogen-bond acceptors (Lipinski definition) is 3. The molecule has 114 valence electrons. The summed E-state index contributed by atoms with van der Waals surface area (Å²) in [5, 5.41) is 7.15. The van der Waals surface area contributed by atoms with Crippen LogP contribution in [0, 0.1) is 11.3 Å². The van der Waals surface area contributed by atoms with E-state index in [9.17, 15) is 0 Å². The summed E-state index contributed by atoms with van der Waals surface area (Å²) >= 11 is 1.84. The Hall–Kier alpha value is -0.410. The Bertz CT molecular complexity index is 434. The van der Waals surface area contributed by atoms with Gasteiger partial charge in [0.15, 0.2) is 0 Å². The zero-order valence-corrected chi connectivity index (χ0v) is 14.7. The van der Waals surface area contributed by atoms with Crippen molar-refractivity contribution >= 4 is 11.3 Å². The fraction of sp³-hybridized carbons (Fsp3) is 0.824. The van der Waals surface area contributed by atoms with Crippen LogP contribution in [0.2, 0.25) is 0 Å². The Morgan fingerprint density at radius 3 is 2.30 bits per heavy atom. The summed E-state index contributed by atoms with van der Waals surface area (Å²) in [6, 6.07) is 0. The molecule has 0 aliphatic heterocycles. The molecule has 2 nitrogen and oxygen atoms in total. The van der Waals surface area contributed by atoms with Crippen LogP contribution in [0.15, 0.2) is 5.38 Å². The highest BCUT2D eigenvalue weighted by atomic mass is 32.1. The largest absolute Gasteiger partial charge is 0.308 e. The van der Waals surface area contributed by atoms with Crippen molar-refractivity contribution in [2.75, 3.05) is 7.05 Å². The number of nitrogens with zero attached hydrogens (tertiary/aromatic N) is 1. The van der Waals surface area contributed by atoms with E-state index in [1.165, 1.54) is 36.4 Å². The minimum atomic E-state index is 0.125. The molecule has 0 aromatic carbocycles. The van der Waals surface area contributed by atoms with Gasteiger partial charge in [0.05, 0.1) is 11.2 Å². The highest BCUT2D eigenvalue weighted by Crippen LogP contribution is 2.46. The van der Waals surface area contributed by atoms with Gasteiger partial charge in [-0.2, -0.15) is 0 Å². The van der Waals surface area contributed by atoms with E-state index in [1.807, 2.05) is 11.3 Å². The van der Waals surface area contributed by atoms with Crippen molar-refractivity contribution in [3.63, 3.8) is 0 Å². The lowest BCUT2D eigenvalue weighted by Gasteiger charge is -2.43. The van der Waals surface area contributed by atoms with E-state index < -0.39 is 0 Å². The molecule has 1 heterocycles. The minimum absolute atomic E-state index is 0.125. The molecule has 2 rings (SSSR count). The molecule has 0 saturated heterocycles. The highest BCUT2D eigenvalue weighted by molar-refractivity contribution is 7.09. The molecule has 0 radical (unpaired) electrons. The predicted octanol–water partition coefficient (Wildman–Crippen LogP) is 4.92. The molecule has 1 aromatic heterocycles. The molecule has 1 aliphatic rings. The molecule has 1 aromatic rings. The first-order valence-electron chi connectivity index (χ1n) is 7.93. The van der Waals surface area contributed by atoms with E-state index in [0.29, 0.717) is 11.3 Å². The first-order valence-corrected chi connectivity index (χ1v) is 8.81. The molecule has 0 bridgehead atoms. The van der Waals surface area contributed by atoms with Crippen LogP contribution in [0.3, 0.4) is 0 Å². The van der Waals surface area contributed by atoms with Gasteiger partial charge >= 0.3 is 0 Å². The number of nitrogens with one attached hydrogen (secondary N) is 1. The second kappa shape index (κ2) is 5.76. The Morgan fingerprint density at radius 1 is 1.30 bits per heavy atom. The topological polar surface area (TPSA) is 24.9 Å². The van der Waals surface area contributed by atoms with Gasteiger partial charge in [-0.25, -0.2) is 4.98 Å². The van der Waals surface area contributed by atoms with Crippen molar-refractivity contribution in [1.82, 2.24) is 10.3 Å². The van der Waals surface area contributed by atoms with Gasteiger partial charge in [0, 0.05) is 5.38 Å². The number of aromatic nitrogens is 1. The van der Waals surface area contributed by atoms with Crippen molar-refractivity contribution in [3.8, 4) is 0 Å². The van der Waals surface area contributed by atoms with Crippen LogP contribution in [0.4, 0.5) is 0 Å². The summed E-state index contributed by atoms with van der Waals surface area (Å²) in [6.45, 7) is 11.6. The summed E-state index contributed by atoms with van der Waals surface area (Å²) in [7, 11) is 2.11. The minimum Gasteiger partial charge on any atom is -0.308 e. The van der Waals surface area contributed by atoms with E-state index in [-0.39, 0.29) is 5.54 Å². The molecular formula is C17H30N2S. The van der Waals surface area contributed by atoms with Crippen LogP contribution in [0.25, 0.3) is 0 Å². The number of rotatable bonds is 3. The lowest BCUT2D eigenvalue weighted by Crippen LogP contribution is -2.44. The van der Waals surface area contributed by atoms with Gasteiger partial charge in [0.1, 0.15) is 5.01 Å². The van der Waals surface area contributed by atoms with Crippen molar-refractivity contribution in [1.29, 1.82) is 0 Å². The van der Waals surface area contributed by atoms with E-state index in [4.69, 9.17) is 4.98 Å². The van der Waals surface area contributed by atoms with Crippen LogP contribution in [-0.4, -0.2) is 12.0 Å². The van der Waals surface area contributed by atoms with Crippen LogP contribution in [0.1, 0.15) is 76.9 Å². The number of hydrogen-bond donors (Lipinski definition) is 1. The summed E-state index contributed by atoms with van der Waals surface area (Å²) in [5.41, 5.74) is 1.81. The highest BCUT2D eigenvalue weighted by Gasteiger charge is 2.40. The van der Waals surface area contributed by atoms with Gasteiger partial charge in [-0.05, 0) is 50.0 Å². The Morgan fingerprint density at radius 2 is 1.90 bits per heavy atom. The molecular weight excluding hydrogens is 264 g/mol. The Labute approximate surface area is 128 Å².